The lowest BCUT2D eigenvalue weighted by atomic mass is 10.1. The Morgan fingerprint density at radius 3 is 2.72 bits per heavy atom. The summed E-state index contributed by atoms with van der Waals surface area (Å²) in [6.45, 7) is 4.23. The minimum atomic E-state index is 0.739. The number of benzene rings is 1. The zero-order valence-corrected chi connectivity index (χ0v) is 15.0. The minimum absolute atomic E-state index is 0.739. The SMILES string of the molecule is CCc1ccc(-c2nc(SCc3cn4cccc(C)c4n3)n[nH]2)cc1. The summed E-state index contributed by atoms with van der Waals surface area (Å²) in [6.07, 6.45) is 5.12. The van der Waals surface area contributed by atoms with Gasteiger partial charge in [0.1, 0.15) is 5.65 Å². The maximum absolute atomic E-state index is 4.69. The molecule has 0 saturated carbocycles. The molecule has 0 aliphatic heterocycles. The van der Waals surface area contributed by atoms with Crippen LogP contribution in [0.5, 0.6) is 0 Å². The maximum atomic E-state index is 4.69. The van der Waals surface area contributed by atoms with E-state index < -0.39 is 0 Å². The van der Waals surface area contributed by atoms with Gasteiger partial charge in [-0.1, -0.05) is 49.0 Å². The van der Waals surface area contributed by atoms with Gasteiger partial charge in [0.25, 0.3) is 0 Å². The molecule has 4 aromatic rings. The fourth-order valence-corrected chi connectivity index (χ4v) is 3.43. The highest BCUT2D eigenvalue weighted by molar-refractivity contribution is 7.98. The van der Waals surface area contributed by atoms with Crippen LogP contribution in [0.2, 0.25) is 0 Å². The molecule has 0 radical (unpaired) electrons. The largest absolute Gasteiger partial charge is 0.307 e. The summed E-state index contributed by atoms with van der Waals surface area (Å²) in [6, 6.07) is 12.5. The second-order valence-corrected chi connectivity index (χ2v) is 6.90. The van der Waals surface area contributed by atoms with Crippen LogP contribution in [-0.2, 0) is 12.2 Å². The van der Waals surface area contributed by atoms with E-state index in [1.54, 1.807) is 11.8 Å². The molecule has 0 spiro atoms. The Balaban J connectivity index is 1.47. The van der Waals surface area contributed by atoms with E-state index in [1.165, 1.54) is 11.1 Å². The Labute approximate surface area is 150 Å². The van der Waals surface area contributed by atoms with Crippen molar-refractivity contribution in [2.75, 3.05) is 0 Å². The molecule has 0 unspecified atom stereocenters. The predicted octanol–water partition coefficient (Wildman–Crippen LogP) is 4.28. The first kappa shape index (κ1) is 15.9. The maximum Gasteiger partial charge on any atom is 0.209 e. The fourth-order valence-electron chi connectivity index (χ4n) is 2.75. The third kappa shape index (κ3) is 3.30. The molecule has 0 fully saturated rings. The van der Waals surface area contributed by atoms with Crippen molar-refractivity contribution in [2.24, 2.45) is 0 Å². The molecule has 1 N–H and O–H groups in total. The van der Waals surface area contributed by atoms with Crippen molar-refractivity contribution < 1.29 is 0 Å². The minimum Gasteiger partial charge on any atom is -0.307 e. The van der Waals surface area contributed by atoms with Crippen LogP contribution in [0.3, 0.4) is 0 Å². The Hall–Kier alpha value is -2.60. The van der Waals surface area contributed by atoms with Crippen LogP contribution in [-0.4, -0.2) is 24.6 Å². The number of thioether (sulfide) groups is 1. The van der Waals surface area contributed by atoms with Crippen LogP contribution in [0, 0.1) is 6.92 Å². The number of imidazole rings is 1. The second-order valence-electron chi connectivity index (χ2n) is 5.96. The van der Waals surface area contributed by atoms with Crippen molar-refractivity contribution in [3.8, 4) is 11.4 Å². The lowest BCUT2D eigenvalue weighted by Gasteiger charge is -1.98. The zero-order valence-electron chi connectivity index (χ0n) is 14.2. The number of hydrogen-bond donors (Lipinski definition) is 1. The number of pyridine rings is 1. The van der Waals surface area contributed by atoms with E-state index in [0.29, 0.717) is 0 Å². The van der Waals surface area contributed by atoms with E-state index >= 15 is 0 Å². The van der Waals surface area contributed by atoms with E-state index in [1.807, 2.05) is 12.3 Å². The molecule has 0 aliphatic carbocycles. The number of nitrogens with one attached hydrogen (secondary N) is 1. The van der Waals surface area contributed by atoms with Crippen LogP contribution >= 0.6 is 11.8 Å². The molecule has 0 bridgehead atoms. The number of hydrogen-bond acceptors (Lipinski definition) is 4. The molecule has 0 atom stereocenters. The first-order valence-electron chi connectivity index (χ1n) is 8.30. The first-order chi connectivity index (χ1) is 12.2. The summed E-state index contributed by atoms with van der Waals surface area (Å²) < 4.78 is 2.06. The average Bonchev–Trinajstić information content (AvgIpc) is 3.27. The molecule has 0 saturated heterocycles. The van der Waals surface area contributed by atoms with Crippen LogP contribution in [0.25, 0.3) is 17.0 Å². The van der Waals surface area contributed by atoms with Crippen molar-refractivity contribution in [1.29, 1.82) is 0 Å². The molecule has 1 aromatic carbocycles. The highest BCUT2D eigenvalue weighted by Crippen LogP contribution is 2.23. The molecule has 4 rings (SSSR count). The summed E-state index contributed by atoms with van der Waals surface area (Å²) in [7, 11) is 0. The van der Waals surface area contributed by atoms with Gasteiger partial charge in [-0.05, 0) is 30.5 Å². The Kier molecular flexibility index (Phi) is 4.28. The number of rotatable bonds is 5. The van der Waals surface area contributed by atoms with Gasteiger partial charge in [-0.25, -0.2) is 9.97 Å². The highest BCUT2D eigenvalue weighted by atomic mass is 32.2. The lowest BCUT2D eigenvalue weighted by molar-refractivity contribution is 0.972. The van der Waals surface area contributed by atoms with Crippen LogP contribution in [0.15, 0.2) is 53.9 Å². The van der Waals surface area contributed by atoms with E-state index in [9.17, 15) is 0 Å². The molecule has 3 heterocycles. The molecule has 5 nitrogen and oxygen atoms in total. The van der Waals surface area contributed by atoms with E-state index in [4.69, 9.17) is 0 Å². The molecule has 0 amide bonds. The summed E-state index contributed by atoms with van der Waals surface area (Å²) in [5, 5.41) is 8.08. The summed E-state index contributed by atoms with van der Waals surface area (Å²) in [5.41, 5.74) is 5.58. The summed E-state index contributed by atoms with van der Waals surface area (Å²) in [5.74, 6) is 1.55. The standard InChI is InChI=1S/C19H19N5S/c1-3-14-6-8-15(9-7-14)17-21-19(23-22-17)25-12-16-11-24-10-4-5-13(2)18(24)20-16/h4-11H,3,12H2,1-2H3,(H,21,22,23). The number of aromatic amines is 1. The topological polar surface area (TPSA) is 58.9 Å². The van der Waals surface area contributed by atoms with Crippen molar-refractivity contribution in [2.45, 2.75) is 31.2 Å². The molecular weight excluding hydrogens is 330 g/mol. The molecule has 0 aliphatic rings. The number of aryl methyl sites for hydroxylation is 2. The Morgan fingerprint density at radius 1 is 1.12 bits per heavy atom. The van der Waals surface area contributed by atoms with Crippen LogP contribution in [0.4, 0.5) is 0 Å². The van der Waals surface area contributed by atoms with Gasteiger partial charge < -0.3 is 4.40 Å². The van der Waals surface area contributed by atoms with Gasteiger partial charge >= 0.3 is 0 Å². The van der Waals surface area contributed by atoms with Crippen LogP contribution < -0.4 is 0 Å². The molecule has 126 valence electrons. The van der Waals surface area contributed by atoms with Crippen molar-refractivity contribution in [1.82, 2.24) is 24.6 Å². The highest BCUT2D eigenvalue weighted by Gasteiger charge is 2.09. The Bertz CT molecular complexity index is 1000. The van der Waals surface area contributed by atoms with Crippen molar-refractivity contribution >= 4 is 17.4 Å². The average molecular weight is 349 g/mol. The third-order valence-corrected chi connectivity index (χ3v) is 5.06. The third-order valence-electron chi connectivity index (χ3n) is 4.18. The molecule has 6 heteroatoms. The summed E-state index contributed by atoms with van der Waals surface area (Å²) >= 11 is 1.59. The van der Waals surface area contributed by atoms with Gasteiger partial charge in [0, 0.05) is 23.7 Å². The normalized spacial score (nSPS) is 11.3. The number of nitrogens with zero attached hydrogens (tertiary/aromatic N) is 4. The fraction of sp³-hybridized carbons (Fsp3) is 0.211. The molecule has 25 heavy (non-hydrogen) atoms. The lowest BCUT2D eigenvalue weighted by Crippen LogP contribution is -1.84. The monoisotopic (exact) mass is 349 g/mol. The van der Waals surface area contributed by atoms with E-state index in [-0.39, 0.29) is 0 Å². The van der Waals surface area contributed by atoms with Gasteiger partial charge in [-0.2, -0.15) is 0 Å². The number of fused-ring (bicyclic) bond motifs is 1. The molecule has 3 aromatic heterocycles. The van der Waals surface area contributed by atoms with Gasteiger partial charge in [-0.15, -0.1) is 5.10 Å². The van der Waals surface area contributed by atoms with Gasteiger partial charge in [0.15, 0.2) is 5.82 Å². The quantitative estimate of drug-likeness (QED) is 0.546. The first-order valence-corrected chi connectivity index (χ1v) is 9.29. The predicted molar refractivity (Wildman–Crippen MR) is 101 cm³/mol. The van der Waals surface area contributed by atoms with E-state index in [2.05, 4.69) is 74.9 Å². The number of H-pyrrole nitrogens is 1. The number of aromatic nitrogens is 5. The molecular formula is C19H19N5S. The smallest absolute Gasteiger partial charge is 0.209 e. The summed E-state index contributed by atoms with van der Waals surface area (Å²) in [4.78, 5) is 9.27. The van der Waals surface area contributed by atoms with Crippen molar-refractivity contribution in [3.05, 3.63) is 65.6 Å². The van der Waals surface area contributed by atoms with Gasteiger partial charge in [-0.3, -0.25) is 5.10 Å². The van der Waals surface area contributed by atoms with Crippen LogP contribution in [0.1, 0.15) is 23.7 Å². The van der Waals surface area contributed by atoms with Gasteiger partial charge in [0.05, 0.1) is 5.69 Å². The second kappa shape index (κ2) is 6.72. The van der Waals surface area contributed by atoms with Crippen molar-refractivity contribution in [3.63, 3.8) is 0 Å². The zero-order chi connectivity index (χ0) is 17.2. The van der Waals surface area contributed by atoms with Gasteiger partial charge in [0.2, 0.25) is 5.16 Å². The Morgan fingerprint density at radius 2 is 1.96 bits per heavy atom. The van der Waals surface area contributed by atoms with E-state index in [0.717, 1.165) is 40.1 Å².